The lowest BCUT2D eigenvalue weighted by Crippen LogP contribution is -1.73. The number of nitrogens with zero attached hydrogens (tertiary/aromatic N) is 1. The molecule has 0 aliphatic rings. The summed E-state index contributed by atoms with van der Waals surface area (Å²) >= 11 is 0. The third-order valence-corrected chi connectivity index (χ3v) is 1.06. The first-order chi connectivity index (χ1) is 4.68. The van der Waals surface area contributed by atoms with Crippen molar-refractivity contribution in [1.29, 1.82) is 0 Å². The SMILES string of the molecule is C=C(C)C(=C)/C=C\N=CC. The molecule has 0 heterocycles. The summed E-state index contributed by atoms with van der Waals surface area (Å²) in [5, 5.41) is 0. The van der Waals surface area contributed by atoms with Crippen LogP contribution < -0.4 is 0 Å². The molecule has 10 heavy (non-hydrogen) atoms. The molecule has 0 unspecified atom stereocenters. The van der Waals surface area contributed by atoms with Gasteiger partial charge in [-0.25, -0.2) is 0 Å². The van der Waals surface area contributed by atoms with Crippen LogP contribution in [0.5, 0.6) is 0 Å². The van der Waals surface area contributed by atoms with E-state index in [1.54, 1.807) is 12.4 Å². The van der Waals surface area contributed by atoms with Crippen molar-refractivity contribution in [1.82, 2.24) is 0 Å². The maximum Gasteiger partial charge on any atom is 0.0269 e. The van der Waals surface area contributed by atoms with Crippen LogP contribution in [-0.4, -0.2) is 6.21 Å². The fourth-order valence-corrected chi connectivity index (χ4v) is 0.361. The second-order valence-electron chi connectivity index (χ2n) is 2.03. The Labute approximate surface area is 62.5 Å². The Morgan fingerprint density at radius 3 is 2.40 bits per heavy atom. The molecule has 0 saturated carbocycles. The topological polar surface area (TPSA) is 12.4 Å². The molecule has 0 N–H and O–H groups in total. The molecule has 0 fully saturated rings. The van der Waals surface area contributed by atoms with Crippen LogP contribution in [0.3, 0.4) is 0 Å². The molecule has 0 aliphatic heterocycles. The van der Waals surface area contributed by atoms with Crippen molar-refractivity contribution in [2.45, 2.75) is 13.8 Å². The van der Waals surface area contributed by atoms with Gasteiger partial charge >= 0.3 is 0 Å². The summed E-state index contributed by atoms with van der Waals surface area (Å²) < 4.78 is 0. The Hall–Kier alpha value is -1.11. The molecule has 0 aromatic heterocycles. The maximum absolute atomic E-state index is 3.89. The second-order valence-corrected chi connectivity index (χ2v) is 2.03. The van der Waals surface area contributed by atoms with Gasteiger partial charge in [0.25, 0.3) is 0 Å². The highest BCUT2D eigenvalue weighted by molar-refractivity contribution is 5.54. The molecule has 1 nitrogen and oxygen atoms in total. The quantitative estimate of drug-likeness (QED) is 0.417. The van der Waals surface area contributed by atoms with Gasteiger partial charge in [-0.2, -0.15) is 0 Å². The molecule has 0 amide bonds. The van der Waals surface area contributed by atoms with E-state index in [1.165, 1.54) is 0 Å². The molecule has 0 saturated heterocycles. The third kappa shape index (κ3) is 3.84. The summed E-state index contributed by atoms with van der Waals surface area (Å²) in [6.07, 6.45) is 5.27. The minimum atomic E-state index is 0.922. The molecule has 0 aliphatic carbocycles. The van der Waals surface area contributed by atoms with Crippen LogP contribution in [0.4, 0.5) is 0 Å². The van der Waals surface area contributed by atoms with Gasteiger partial charge in [-0.05, 0) is 25.5 Å². The number of allylic oxidation sites excluding steroid dienone is 3. The smallest absolute Gasteiger partial charge is 0.0269 e. The highest BCUT2D eigenvalue weighted by Gasteiger charge is 1.84. The second kappa shape index (κ2) is 4.74. The van der Waals surface area contributed by atoms with E-state index in [4.69, 9.17) is 0 Å². The Morgan fingerprint density at radius 2 is 2.00 bits per heavy atom. The van der Waals surface area contributed by atoms with E-state index in [0.717, 1.165) is 11.1 Å². The zero-order valence-electron chi connectivity index (χ0n) is 6.59. The van der Waals surface area contributed by atoms with Gasteiger partial charge in [0.15, 0.2) is 0 Å². The summed E-state index contributed by atoms with van der Waals surface area (Å²) in [6, 6.07) is 0. The minimum Gasteiger partial charge on any atom is -0.269 e. The average Bonchev–Trinajstić information content (AvgIpc) is 1.88. The van der Waals surface area contributed by atoms with Crippen LogP contribution in [0, 0.1) is 0 Å². The molecule has 0 spiro atoms. The molecule has 54 valence electrons. The number of rotatable bonds is 3. The van der Waals surface area contributed by atoms with Crippen LogP contribution in [0.15, 0.2) is 41.6 Å². The van der Waals surface area contributed by atoms with Crippen LogP contribution in [0.25, 0.3) is 0 Å². The Bertz CT molecular complexity index is 185. The molecule has 0 aromatic carbocycles. The van der Waals surface area contributed by atoms with Crippen molar-refractivity contribution in [2.24, 2.45) is 4.99 Å². The van der Waals surface area contributed by atoms with Crippen molar-refractivity contribution in [3.63, 3.8) is 0 Å². The molecular weight excluding hydrogens is 122 g/mol. The molecule has 0 rings (SSSR count). The van der Waals surface area contributed by atoms with Crippen LogP contribution in [0.2, 0.25) is 0 Å². The van der Waals surface area contributed by atoms with E-state index in [9.17, 15) is 0 Å². The van der Waals surface area contributed by atoms with Gasteiger partial charge < -0.3 is 0 Å². The normalized spacial score (nSPS) is 11.0. The molecule has 0 atom stereocenters. The highest BCUT2D eigenvalue weighted by Crippen LogP contribution is 2.03. The number of hydrogen-bond donors (Lipinski definition) is 0. The van der Waals surface area contributed by atoms with E-state index < -0.39 is 0 Å². The summed E-state index contributed by atoms with van der Waals surface area (Å²) in [6.45, 7) is 11.3. The van der Waals surface area contributed by atoms with Crippen LogP contribution in [0.1, 0.15) is 13.8 Å². The van der Waals surface area contributed by atoms with Crippen molar-refractivity contribution in [2.75, 3.05) is 0 Å². The fraction of sp³-hybridized carbons (Fsp3) is 0.222. The largest absolute Gasteiger partial charge is 0.269 e. The standard InChI is InChI=1S/C9H13N/c1-5-10-7-6-9(4)8(2)3/h5-7H,2,4H2,1,3H3/b7-6-,10-5?. The van der Waals surface area contributed by atoms with Crippen molar-refractivity contribution in [3.8, 4) is 0 Å². The van der Waals surface area contributed by atoms with Crippen LogP contribution in [-0.2, 0) is 0 Å². The third-order valence-electron chi connectivity index (χ3n) is 1.06. The zero-order valence-corrected chi connectivity index (χ0v) is 6.59. The highest BCUT2D eigenvalue weighted by atomic mass is 14.6. The lowest BCUT2D eigenvalue weighted by molar-refractivity contribution is 1.45. The van der Waals surface area contributed by atoms with Gasteiger partial charge in [0.1, 0.15) is 0 Å². The Kier molecular flexibility index (Phi) is 4.21. The van der Waals surface area contributed by atoms with Gasteiger partial charge in [0.2, 0.25) is 0 Å². The zero-order chi connectivity index (χ0) is 7.98. The average molecular weight is 135 g/mol. The summed E-state index contributed by atoms with van der Waals surface area (Å²) in [5.74, 6) is 0. The van der Waals surface area contributed by atoms with Crippen molar-refractivity contribution >= 4 is 6.21 Å². The van der Waals surface area contributed by atoms with E-state index in [1.807, 2.05) is 19.9 Å². The first-order valence-electron chi connectivity index (χ1n) is 3.17. The van der Waals surface area contributed by atoms with Gasteiger partial charge in [-0.1, -0.05) is 18.7 Å². The summed E-state index contributed by atoms with van der Waals surface area (Å²) in [5.41, 5.74) is 1.90. The Balaban J connectivity index is 3.90. The van der Waals surface area contributed by atoms with Gasteiger partial charge in [0, 0.05) is 12.4 Å². The number of aliphatic imine (C=N–C) groups is 1. The maximum atomic E-state index is 3.89. The van der Waals surface area contributed by atoms with E-state index in [-0.39, 0.29) is 0 Å². The lowest BCUT2D eigenvalue weighted by atomic mass is 10.1. The van der Waals surface area contributed by atoms with Crippen LogP contribution >= 0.6 is 0 Å². The molecule has 0 aromatic rings. The molecule has 0 radical (unpaired) electrons. The van der Waals surface area contributed by atoms with Gasteiger partial charge in [-0.3, -0.25) is 4.99 Å². The van der Waals surface area contributed by atoms with E-state index in [2.05, 4.69) is 18.2 Å². The summed E-state index contributed by atoms with van der Waals surface area (Å²) in [4.78, 5) is 3.89. The van der Waals surface area contributed by atoms with E-state index in [0.29, 0.717) is 0 Å². The first-order valence-corrected chi connectivity index (χ1v) is 3.17. The lowest BCUT2D eigenvalue weighted by Gasteiger charge is -1.92. The fourth-order valence-electron chi connectivity index (χ4n) is 0.361. The molecule has 0 bridgehead atoms. The molecular formula is C9H13N. The molecule has 1 heteroatoms. The van der Waals surface area contributed by atoms with Crippen molar-refractivity contribution < 1.29 is 0 Å². The summed E-state index contributed by atoms with van der Waals surface area (Å²) in [7, 11) is 0. The van der Waals surface area contributed by atoms with E-state index >= 15 is 0 Å². The Morgan fingerprint density at radius 1 is 1.40 bits per heavy atom. The van der Waals surface area contributed by atoms with Crippen molar-refractivity contribution in [3.05, 3.63) is 36.6 Å². The number of hydrogen-bond acceptors (Lipinski definition) is 1. The van der Waals surface area contributed by atoms with Gasteiger partial charge in [0.05, 0.1) is 0 Å². The minimum absolute atomic E-state index is 0.922. The monoisotopic (exact) mass is 135 g/mol. The predicted molar refractivity (Wildman–Crippen MR) is 47.3 cm³/mol. The first kappa shape index (κ1) is 8.89. The van der Waals surface area contributed by atoms with Gasteiger partial charge in [-0.15, -0.1) is 0 Å². The predicted octanol–water partition coefficient (Wildman–Crippen LogP) is 2.72.